The lowest BCUT2D eigenvalue weighted by atomic mass is 10.2. The summed E-state index contributed by atoms with van der Waals surface area (Å²) >= 11 is 0. The van der Waals surface area contributed by atoms with Crippen LogP contribution in [0.5, 0.6) is 0 Å². The molecule has 0 saturated carbocycles. The van der Waals surface area contributed by atoms with Gasteiger partial charge in [-0.15, -0.1) is 12.4 Å². The summed E-state index contributed by atoms with van der Waals surface area (Å²) in [7, 11) is -1.43. The van der Waals surface area contributed by atoms with Gasteiger partial charge in [-0.25, -0.2) is 8.42 Å². The second-order valence-electron chi connectivity index (χ2n) is 4.83. The Morgan fingerprint density at radius 2 is 1.71 bits per heavy atom. The molecule has 0 saturated heterocycles. The van der Waals surface area contributed by atoms with Crippen LogP contribution >= 0.6 is 12.4 Å². The van der Waals surface area contributed by atoms with Crippen molar-refractivity contribution >= 4 is 28.2 Å². The van der Waals surface area contributed by atoms with Crippen LogP contribution in [-0.2, 0) is 9.84 Å². The van der Waals surface area contributed by atoms with Crippen molar-refractivity contribution in [2.45, 2.75) is 30.4 Å². The van der Waals surface area contributed by atoms with E-state index in [4.69, 9.17) is 0 Å². The third kappa shape index (κ3) is 5.65. The molecule has 0 atom stereocenters. The molecule has 0 unspecified atom stereocenters. The number of carbonyl (C=O) groups is 1. The van der Waals surface area contributed by atoms with Crippen LogP contribution in [0.1, 0.15) is 30.6 Å². The summed E-state index contributed by atoms with van der Waals surface area (Å²) in [4.78, 5) is 12.1. The molecule has 5 nitrogen and oxygen atoms in total. The molecule has 0 aliphatic rings. The molecular formula is C14H23ClN2O3S. The lowest BCUT2D eigenvalue weighted by Crippen LogP contribution is -2.26. The van der Waals surface area contributed by atoms with E-state index in [2.05, 4.69) is 10.6 Å². The summed E-state index contributed by atoms with van der Waals surface area (Å²) in [6, 6.07) is 6.06. The number of rotatable bonds is 7. The zero-order chi connectivity index (χ0) is 15.2. The van der Waals surface area contributed by atoms with Crippen molar-refractivity contribution in [3.8, 4) is 0 Å². The van der Waals surface area contributed by atoms with E-state index in [1.807, 2.05) is 7.05 Å². The fraction of sp³-hybridized carbons (Fsp3) is 0.500. The van der Waals surface area contributed by atoms with Gasteiger partial charge >= 0.3 is 0 Å². The Morgan fingerprint density at radius 1 is 1.14 bits per heavy atom. The van der Waals surface area contributed by atoms with Gasteiger partial charge in [-0.05, 0) is 58.1 Å². The topological polar surface area (TPSA) is 75.3 Å². The normalized spacial score (nSPS) is 11.0. The molecule has 0 aliphatic carbocycles. The molecule has 1 aromatic carbocycles. The third-order valence-corrected chi connectivity index (χ3v) is 5.13. The largest absolute Gasteiger partial charge is 0.352 e. The van der Waals surface area contributed by atoms with Crippen molar-refractivity contribution in [3.63, 3.8) is 0 Å². The van der Waals surface area contributed by atoms with Gasteiger partial charge in [-0.1, -0.05) is 0 Å². The van der Waals surface area contributed by atoms with Crippen molar-refractivity contribution in [2.75, 3.05) is 20.1 Å². The van der Waals surface area contributed by atoms with E-state index in [0.717, 1.165) is 13.0 Å². The SMILES string of the molecule is CNCCCNC(=O)c1ccc(S(=O)(=O)C(C)C)cc1.Cl. The lowest BCUT2D eigenvalue weighted by molar-refractivity contribution is 0.0953. The Morgan fingerprint density at radius 3 is 2.19 bits per heavy atom. The van der Waals surface area contributed by atoms with Crippen molar-refractivity contribution in [1.29, 1.82) is 0 Å². The van der Waals surface area contributed by atoms with Crippen molar-refractivity contribution < 1.29 is 13.2 Å². The minimum absolute atomic E-state index is 0. The van der Waals surface area contributed by atoms with Crippen LogP contribution in [0.4, 0.5) is 0 Å². The molecule has 7 heteroatoms. The molecule has 0 fully saturated rings. The Labute approximate surface area is 132 Å². The minimum atomic E-state index is -3.28. The minimum Gasteiger partial charge on any atom is -0.352 e. The summed E-state index contributed by atoms with van der Waals surface area (Å²) in [5.41, 5.74) is 0.470. The molecule has 1 aromatic rings. The summed E-state index contributed by atoms with van der Waals surface area (Å²) in [6.07, 6.45) is 0.849. The molecule has 0 radical (unpaired) electrons. The number of nitrogens with one attached hydrogen (secondary N) is 2. The maximum Gasteiger partial charge on any atom is 0.251 e. The number of hydrogen-bond donors (Lipinski definition) is 2. The highest BCUT2D eigenvalue weighted by molar-refractivity contribution is 7.92. The van der Waals surface area contributed by atoms with Crippen molar-refractivity contribution in [3.05, 3.63) is 29.8 Å². The molecule has 1 amide bonds. The van der Waals surface area contributed by atoms with Crippen LogP contribution in [0.25, 0.3) is 0 Å². The molecule has 120 valence electrons. The van der Waals surface area contributed by atoms with E-state index in [0.29, 0.717) is 12.1 Å². The van der Waals surface area contributed by atoms with E-state index in [9.17, 15) is 13.2 Å². The number of hydrogen-bond acceptors (Lipinski definition) is 4. The average molecular weight is 335 g/mol. The second-order valence-corrected chi connectivity index (χ2v) is 7.34. The predicted molar refractivity (Wildman–Crippen MR) is 86.9 cm³/mol. The number of sulfone groups is 1. The number of benzene rings is 1. The van der Waals surface area contributed by atoms with Crippen LogP contribution in [0.2, 0.25) is 0 Å². The Bertz CT molecular complexity index is 542. The summed E-state index contributed by atoms with van der Waals surface area (Å²) in [5, 5.41) is 5.32. The summed E-state index contributed by atoms with van der Waals surface area (Å²) in [5.74, 6) is -0.186. The van der Waals surface area contributed by atoms with E-state index < -0.39 is 15.1 Å². The second kappa shape index (κ2) is 9.02. The first-order chi connectivity index (χ1) is 9.39. The van der Waals surface area contributed by atoms with Gasteiger partial charge in [-0.2, -0.15) is 0 Å². The fourth-order valence-corrected chi connectivity index (χ4v) is 2.70. The summed E-state index contributed by atoms with van der Waals surface area (Å²) in [6.45, 7) is 4.70. The lowest BCUT2D eigenvalue weighted by Gasteiger charge is -2.09. The molecule has 0 aromatic heterocycles. The molecule has 0 bridgehead atoms. The first-order valence-corrected chi connectivity index (χ1v) is 8.21. The average Bonchev–Trinajstić information content (AvgIpc) is 2.43. The molecule has 1 rings (SSSR count). The molecule has 0 aliphatic heterocycles. The molecule has 0 heterocycles. The Hall–Kier alpha value is -1.11. The maximum absolute atomic E-state index is 11.9. The van der Waals surface area contributed by atoms with Gasteiger partial charge in [0.05, 0.1) is 10.1 Å². The van der Waals surface area contributed by atoms with Crippen LogP contribution in [0.3, 0.4) is 0 Å². The highest BCUT2D eigenvalue weighted by atomic mass is 35.5. The highest BCUT2D eigenvalue weighted by Crippen LogP contribution is 2.16. The van der Waals surface area contributed by atoms with Gasteiger partial charge in [0.1, 0.15) is 0 Å². The van der Waals surface area contributed by atoms with Crippen LogP contribution in [0, 0.1) is 0 Å². The van der Waals surface area contributed by atoms with Gasteiger partial charge < -0.3 is 10.6 Å². The number of halogens is 1. The smallest absolute Gasteiger partial charge is 0.251 e. The molecular weight excluding hydrogens is 312 g/mol. The van der Waals surface area contributed by atoms with Crippen LogP contribution in [-0.4, -0.2) is 39.7 Å². The number of amides is 1. The van der Waals surface area contributed by atoms with E-state index in [-0.39, 0.29) is 23.2 Å². The zero-order valence-electron chi connectivity index (χ0n) is 12.5. The Balaban J connectivity index is 0.00000400. The van der Waals surface area contributed by atoms with E-state index in [1.54, 1.807) is 26.0 Å². The Kier molecular flexibility index (Phi) is 8.54. The third-order valence-electron chi connectivity index (χ3n) is 2.95. The highest BCUT2D eigenvalue weighted by Gasteiger charge is 2.19. The number of carbonyl (C=O) groups excluding carboxylic acids is 1. The van der Waals surface area contributed by atoms with Gasteiger partial charge in [0.15, 0.2) is 9.84 Å². The maximum atomic E-state index is 11.9. The first-order valence-electron chi connectivity index (χ1n) is 6.66. The van der Waals surface area contributed by atoms with Gasteiger partial charge in [0.2, 0.25) is 0 Å². The van der Waals surface area contributed by atoms with E-state index in [1.165, 1.54) is 12.1 Å². The molecule has 2 N–H and O–H groups in total. The van der Waals surface area contributed by atoms with Gasteiger partial charge in [0, 0.05) is 12.1 Å². The predicted octanol–water partition coefficient (Wildman–Crippen LogP) is 1.63. The monoisotopic (exact) mass is 334 g/mol. The fourth-order valence-electron chi connectivity index (χ4n) is 1.64. The van der Waals surface area contributed by atoms with Gasteiger partial charge in [0.25, 0.3) is 5.91 Å². The zero-order valence-corrected chi connectivity index (χ0v) is 14.2. The van der Waals surface area contributed by atoms with Crippen molar-refractivity contribution in [1.82, 2.24) is 10.6 Å². The standard InChI is InChI=1S/C14H22N2O3S.ClH/c1-11(2)20(18,19)13-7-5-12(6-8-13)14(17)16-10-4-9-15-3;/h5-8,11,15H,4,9-10H2,1-3H3,(H,16,17);1H. The first kappa shape index (κ1) is 19.9. The van der Waals surface area contributed by atoms with Crippen LogP contribution < -0.4 is 10.6 Å². The van der Waals surface area contributed by atoms with Gasteiger partial charge in [-0.3, -0.25) is 4.79 Å². The van der Waals surface area contributed by atoms with Crippen molar-refractivity contribution in [2.24, 2.45) is 0 Å². The quantitative estimate of drug-likeness (QED) is 0.743. The summed E-state index contributed by atoms with van der Waals surface area (Å²) < 4.78 is 23.9. The molecule has 21 heavy (non-hydrogen) atoms. The van der Waals surface area contributed by atoms with E-state index >= 15 is 0 Å². The molecule has 0 spiro atoms. The van der Waals surface area contributed by atoms with Crippen LogP contribution in [0.15, 0.2) is 29.2 Å².